The summed E-state index contributed by atoms with van der Waals surface area (Å²) in [6, 6.07) is 20.3. The molecule has 0 aromatic heterocycles. The zero-order valence-electron chi connectivity index (χ0n) is 19.3. The van der Waals surface area contributed by atoms with Gasteiger partial charge in [-0.05, 0) is 61.4 Å². The van der Waals surface area contributed by atoms with Crippen molar-refractivity contribution in [3.63, 3.8) is 0 Å². The Morgan fingerprint density at radius 1 is 1.06 bits per heavy atom. The fourth-order valence-corrected chi connectivity index (χ4v) is 5.52. The van der Waals surface area contributed by atoms with Crippen molar-refractivity contribution in [2.75, 3.05) is 22.3 Å². The summed E-state index contributed by atoms with van der Waals surface area (Å²) < 4.78 is 28.0. The van der Waals surface area contributed by atoms with Gasteiger partial charge in [0.05, 0.1) is 10.6 Å². The number of amides is 2. The van der Waals surface area contributed by atoms with Crippen molar-refractivity contribution in [1.29, 1.82) is 0 Å². The molecule has 0 atom stereocenters. The van der Waals surface area contributed by atoms with E-state index in [1.165, 1.54) is 18.2 Å². The molecule has 1 heterocycles. The molecule has 3 aromatic rings. The molecule has 9 heteroatoms. The molecule has 1 aliphatic rings. The highest BCUT2D eigenvalue weighted by Crippen LogP contribution is 2.26. The third-order valence-electron chi connectivity index (χ3n) is 5.78. The summed E-state index contributed by atoms with van der Waals surface area (Å²) in [6.07, 6.45) is 1.37. The Morgan fingerprint density at radius 3 is 2.49 bits per heavy atom. The smallest absolute Gasteiger partial charge is 0.264 e. The lowest BCUT2D eigenvalue weighted by atomic mass is 10.2. The number of rotatable bonds is 8. The lowest BCUT2D eigenvalue weighted by molar-refractivity contribution is -0.120. The van der Waals surface area contributed by atoms with Crippen LogP contribution in [0, 0.1) is 6.92 Å². The van der Waals surface area contributed by atoms with Crippen LogP contribution < -0.4 is 14.5 Å². The van der Waals surface area contributed by atoms with Crippen LogP contribution in [0.15, 0.2) is 77.7 Å². The van der Waals surface area contributed by atoms with E-state index in [0.29, 0.717) is 23.7 Å². The van der Waals surface area contributed by atoms with Crippen LogP contribution in [0.4, 0.5) is 11.4 Å². The van der Waals surface area contributed by atoms with E-state index in [1.54, 1.807) is 35.2 Å². The lowest BCUT2D eigenvalue weighted by Gasteiger charge is -2.24. The summed E-state index contributed by atoms with van der Waals surface area (Å²) in [4.78, 5) is 26.8. The van der Waals surface area contributed by atoms with Crippen molar-refractivity contribution in [1.82, 2.24) is 5.32 Å². The average Bonchev–Trinajstić information content (AvgIpc) is 3.27. The summed E-state index contributed by atoms with van der Waals surface area (Å²) in [6.45, 7) is 2.33. The third kappa shape index (κ3) is 5.83. The van der Waals surface area contributed by atoms with Crippen molar-refractivity contribution >= 4 is 44.8 Å². The van der Waals surface area contributed by atoms with Crippen LogP contribution in [0.5, 0.6) is 0 Å². The van der Waals surface area contributed by atoms with E-state index in [1.807, 2.05) is 31.2 Å². The van der Waals surface area contributed by atoms with Gasteiger partial charge in [-0.25, -0.2) is 8.42 Å². The number of anilines is 2. The van der Waals surface area contributed by atoms with E-state index >= 15 is 0 Å². The highest BCUT2D eigenvalue weighted by Gasteiger charge is 2.27. The van der Waals surface area contributed by atoms with Crippen molar-refractivity contribution in [3.8, 4) is 0 Å². The van der Waals surface area contributed by atoms with Gasteiger partial charge in [0.25, 0.3) is 10.0 Å². The molecule has 3 aromatic carbocycles. The molecule has 1 N–H and O–H groups in total. The van der Waals surface area contributed by atoms with E-state index in [4.69, 9.17) is 11.6 Å². The van der Waals surface area contributed by atoms with Crippen LogP contribution in [0.25, 0.3) is 0 Å². The zero-order chi connectivity index (χ0) is 25.0. The molecule has 0 aliphatic carbocycles. The van der Waals surface area contributed by atoms with Gasteiger partial charge in [0.2, 0.25) is 11.8 Å². The number of aryl methyl sites for hydroxylation is 1. The number of halogens is 1. The Bertz CT molecular complexity index is 1340. The fraction of sp³-hybridized carbons (Fsp3) is 0.231. The Labute approximate surface area is 210 Å². The van der Waals surface area contributed by atoms with Gasteiger partial charge >= 0.3 is 0 Å². The van der Waals surface area contributed by atoms with Crippen molar-refractivity contribution in [2.45, 2.75) is 31.2 Å². The summed E-state index contributed by atoms with van der Waals surface area (Å²) in [7, 11) is -4.02. The van der Waals surface area contributed by atoms with Gasteiger partial charge in [0, 0.05) is 30.2 Å². The second-order valence-electron chi connectivity index (χ2n) is 8.40. The summed E-state index contributed by atoms with van der Waals surface area (Å²) >= 11 is 6.11. The van der Waals surface area contributed by atoms with E-state index in [9.17, 15) is 18.0 Å². The number of sulfonamides is 1. The molecule has 182 valence electrons. The monoisotopic (exact) mass is 511 g/mol. The molecule has 1 fully saturated rings. The number of carbonyl (C=O) groups is 2. The Morgan fingerprint density at radius 2 is 1.80 bits per heavy atom. The molecule has 35 heavy (non-hydrogen) atoms. The molecule has 0 radical (unpaired) electrons. The predicted octanol–water partition coefficient (Wildman–Crippen LogP) is 4.29. The molecule has 0 bridgehead atoms. The fourth-order valence-electron chi connectivity index (χ4n) is 3.93. The summed E-state index contributed by atoms with van der Waals surface area (Å²) in [5.74, 6) is -0.382. The number of benzene rings is 3. The van der Waals surface area contributed by atoms with Crippen LogP contribution in [0.1, 0.15) is 24.0 Å². The molecule has 0 saturated carbocycles. The molecule has 4 rings (SSSR count). The molecule has 7 nitrogen and oxygen atoms in total. The van der Waals surface area contributed by atoms with E-state index in [-0.39, 0.29) is 17.3 Å². The standard InChI is InChI=1S/C26H26ClN3O4S/c1-19-10-12-24(13-11-19)35(33,34)30(23-8-3-6-21(27)16-23)18-25(31)28-17-20-5-2-7-22(15-20)29-14-4-9-26(29)32/h2-3,5-8,10-13,15-16H,4,9,14,17-18H2,1H3,(H,28,31). The Kier molecular flexibility index (Phi) is 7.42. The average molecular weight is 512 g/mol. The maximum atomic E-state index is 13.5. The van der Waals surface area contributed by atoms with Crippen LogP contribution in [0.3, 0.4) is 0 Å². The molecular weight excluding hydrogens is 486 g/mol. The Hall–Kier alpha value is -3.36. The Balaban J connectivity index is 1.52. The third-order valence-corrected chi connectivity index (χ3v) is 7.80. The molecule has 1 saturated heterocycles. The number of nitrogens with one attached hydrogen (secondary N) is 1. The van der Waals surface area contributed by atoms with Crippen LogP contribution >= 0.6 is 11.6 Å². The highest BCUT2D eigenvalue weighted by atomic mass is 35.5. The van der Waals surface area contributed by atoms with Crippen molar-refractivity contribution < 1.29 is 18.0 Å². The minimum atomic E-state index is -4.02. The summed E-state index contributed by atoms with van der Waals surface area (Å²) in [5.41, 5.74) is 2.82. The van der Waals surface area contributed by atoms with E-state index < -0.39 is 22.5 Å². The molecule has 2 amide bonds. The van der Waals surface area contributed by atoms with Gasteiger partial charge in [0.1, 0.15) is 6.54 Å². The highest BCUT2D eigenvalue weighted by molar-refractivity contribution is 7.92. The lowest BCUT2D eigenvalue weighted by Crippen LogP contribution is -2.40. The van der Waals surface area contributed by atoms with Crippen LogP contribution in [-0.2, 0) is 26.2 Å². The number of hydrogen-bond donors (Lipinski definition) is 1. The number of carbonyl (C=O) groups excluding carboxylic acids is 2. The summed E-state index contributed by atoms with van der Waals surface area (Å²) in [5, 5.41) is 3.16. The molecule has 0 unspecified atom stereocenters. The second kappa shape index (κ2) is 10.5. The maximum Gasteiger partial charge on any atom is 0.264 e. The topological polar surface area (TPSA) is 86.8 Å². The SMILES string of the molecule is Cc1ccc(S(=O)(=O)N(CC(=O)NCc2cccc(N3CCCC3=O)c2)c2cccc(Cl)c2)cc1. The minimum absolute atomic E-state index is 0.0823. The van der Waals surface area contributed by atoms with E-state index in [2.05, 4.69) is 5.32 Å². The van der Waals surface area contributed by atoms with Crippen LogP contribution in [0.2, 0.25) is 5.02 Å². The first-order valence-electron chi connectivity index (χ1n) is 11.2. The van der Waals surface area contributed by atoms with Gasteiger partial charge < -0.3 is 10.2 Å². The number of nitrogens with zero attached hydrogens (tertiary/aromatic N) is 2. The maximum absolute atomic E-state index is 13.5. The minimum Gasteiger partial charge on any atom is -0.350 e. The largest absolute Gasteiger partial charge is 0.350 e. The normalized spacial score (nSPS) is 13.7. The van der Waals surface area contributed by atoms with Crippen molar-refractivity contribution in [3.05, 3.63) is 88.9 Å². The van der Waals surface area contributed by atoms with E-state index in [0.717, 1.165) is 27.5 Å². The molecule has 0 spiro atoms. The zero-order valence-corrected chi connectivity index (χ0v) is 20.8. The van der Waals surface area contributed by atoms with Crippen LogP contribution in [-0.4, -0.2) is 33.3 Å². The van der Waals surface area contributed by atoms with Gasteiger partial charge in [-0.15, -0.1) is 0 Å². The second-order valence-corrected chi connectivity index (χ2v) is 10.7. The molecule has 1 aliphatic heterocycles. The quantitative estimate of drug-likeness (QED) is 0.489. The first-order valence-corrected chi connectivity index (χ1v) is 13.1. The number of hydrogen-bond acceptors (Lipinski definition) is 4. The first kappa shape index (κ1) is 24.8. The van der Waals surface area contributed by atoms with Gasteiger partial charge in [-0.2, -0.15) is 0 Å². The van der Waals surface area contributed by atoms with Gasteiger partial charge in [-0.3, -0.25) is 13.9 Å². The first-order chi connectivity index (χ1) is 16.7. The molecular formula is C26H26ClN3O4S. The predicted molar refractivity (Wildman–Crippen MR) is 137 cm³/mol. The van der Waals surface area contributed by atoms with Crippen molar-refractivity contribution in [2.24, 2.45) is 0 Å². The van der Waals surface area contributed by atoms with Gasteiger partial charge in [-0.1, -0.05) is 47.5 Å². The van der Waals surface area contributed by atoms with Gasteiger partial charge in [0.15, 0.2) is 0 Å².